The standard InChI is InChI=1S/C29H30N2O/c1-5-18-31-26-17-16-24(20(2)3)19-25(26)21(4)28(31)29(32)30-27(22-12-8-6-9-13-22)23-14-10-7-11-15-23/h5-17,19-20,27H,1,18H2,2-4H3,(H,30,32). The zero-order valence-electron chi connectivity index (χ0n) is 19.0. The highest BCUT2D eigenvalue weighted by atomic mass is 16.2. The molecule has 3 heteroatoms. The maximum Gasteiger partial charge on any atom is 0.268 e. The predicted octanol–water partition coefficient (Wildman–Crippen LogP) is 6.78. The van der Waals surface area contributed by atoms with Crippen molar-refractivity contribution in [2.24, 2.45) is 0 Å². The monoisotopic (exact) mass is 422 g/mol. The third-order valence-electron chi connectivity index (χ3n) is 6.08. The van der Waals surface area contributed by atoms with Gasteiger partial charge in [-0.05, 0) is 47.2 Å². The molecule has 162 valence electrons. The summed E-state index contributed by atoms with van der Waals surface area (Å²) in [7, 11) is 0. The minimum absolute atomic E-state index is 0.0793. The molecule has 0 spiro atoms. The summed E-state index contributed by atoms with van der Waals surface area (Å²) in [6.07, 6.45) is 1.85. The molecule has 1 aromatic heterocycles. The van der Waals surface area contributed by atoms with Gasteiger partial charge in [0.25, 0.3) is 5.91 Å². The van der Waals surface area contributed by atoms with E-state index in [-0.39, 0.29) is 11.9 Å². The summed E-state index contributed by atoms with van der Waals surface area (Å²) in [4.78, 5) is 13.7. The molecule has 0 saturated carbocycles. The van der Waals surface area contributed by atoms with Gasteiger partial charge in [-0.3, -0.25) is 4.79 Å². The van der Waals surface area contributed by atoms with Gasteiger partial charge in [-0.2, -0.15) is 0 Å². The summed E-state index contributed by atoms with van der Waals surface area (Å²) >= 11 is 0. The van der Waals surface area contributed by atoms with Crippen LogP contribution in [-0.2, 0) is 6.54 Å². The van der Waals surface area contributed by atoms with Crippen molar-refractivity contribution in [1.29, 1.82) is 0 Å². The number of hydrogen-bond donors (Lipinski definition) is 1. The number of amides is 1. The van der Waals surface area contributed by atoms with Crippen LogP contribution >= 0.6 is 0 Å². The van der Waals surface area contributed by atoms with Gasteiger partial charge in [0.15, 0.2) is 0 Å². The van der Waals surface area contributed by atoms with Crippen LogP contribution in [-0.4, -0.2) is 10.5 Å². The molecule has 1 N–H and O–H groups in total. The van der Waals surface area contributed by atoms with Crippen molar-refractivity contribution in [3.8, 4) is 0 Å². The molecule has 0 aliphatic heterocycles. The van der Waals surface area contributed by atoms with Gasteiger partial charge in [0.05, 0.1) is 6.04 Å². The maximum absolute atomic E-state index is 13.7. The minimum Gasteiger partial charge on any atom is -0.340 e. The minimum atomic E-state index is -0.231. The Bertz CT molecular complexity index is 1200. The summed E-state index contributed by atoms with van der Waals surface area (Å²) in [6.45, 7) is 10.9. The van der Waals surface area contributed by atoms with Gasteiger partial charge in [-0.15, -0.1) is 6.58 Å². The van der Waals surface area contributed by atoms with E-state index in [0.717, 1.165) is 27.6 Å². The van der Waals surface area contributed by atoms with E-state index in [9.17, 15) is 4.79 Å². The molecule has 32 heavy (non-hydrogen) atoms. The zero-order valence-corrected chi connectivity index (χ0v) is 19.0. The van der Waals surface area contributed by atoms with Gasteiger partial charge in [-0.1, -0.05) is 86.7 Å². The molecule has 0 radical (unpaired) electrons. The fourth-order valence-electron chi connectivity index (χ4n) is 4.36. The number of aromatic nitrogens is 1. The van der Waals surface area contributed by atoms with Crippen molar-refractivity contribution in [3.05, 3.63) is 119 Å². The second-order valence-electron chi connectivity index (χ2n) is 8.53. The molecule has 0 atom stereocenters. The van der Waals surface area contributed by atoms with E-state index >= 15 is 0 Å². The second kappa shape index (κ2) is 9.27. The zero-order chi connectivity index (χ0) is 22.7. The van der Waals surface area contributed by atoms with Gasteiger partial charge in [0.1, 0.15) is 5.69 Å². The highest BCUT2D eigenvalue weighted by molar-refractivity contribution is 6.02. The Morgan fingerprint density at radius 1 is 0.938 bits per heavy atom. The average Bonchev–Trinajstić information content (AvgIpc) is 3.09. The Hall–Kier alpha value is -3.59. The van der Waals surface area contributed by atoms with E-state index in [1.54, 1.807) is 0 Å². The maximum atomic E-state index is 13.7. The summed E-state index contributed by atoms with van der Waals surface area (Å²) in [6, 6.07) is 26.5. The van der Waals surface area contributed by atoms with E-state index in [1.807, 2.05) is 49.4 Å². The molecular weight excluding hydrogens is 392 g/mol. The Balaban J connectivity index is 1.80. The largest absolute Gasteiger partial charge is 0.340 e. The number of allylic oxidation sites excluding steroid dienone is 1. The summed E-state index contributed by atoms with van der Waals surface area (Å²) in [5.41, 5.74) is 6.14. The van der Waals surface area contributed by atoms with E-state index in [2.05, 4.69) is 72.8 Å². The van der Waals surface area contributed by atoms with Crippen molar-refractivity contribution in [2.75, 3.05) is 0 Å². The predicted molar refractivity (Wildman–Crippen MR) is 133 cm³/mol. The number of aryl methyl sites for hydroxylation is 1. The van der Waals surface area contributed by atoms with Crippen LogP contribution in [0, 0.1) is 6.92 Å². The first-order valence-corrected chi connectivity index (χ1v) is 11.2. The Morgan fingerprint density at radius 3 is 2.06 bits per heavy atom. The fraction of sp³-hybridized carbons (Fsp3) is 0.207. The van der Waals surface area contributed by atoms with Crippen LogP contribution in [0.2, 0.25) is 0 Å². The van der Waals surface area contributed by atoms with Gasteiger partial charge in [0, 0.05) is 17.4 Å². The van der Waals surface area contributed by atoms with Crippen LogP contribution in [0.15, 0.2) is 91.5 Å². The first-order valence-electron chi connectivity index (χ1n) is 11.2. The summed E-state index contributed by atoms with van der Waals surface area (Å²) in [5, 5.41) is 4.43. The Morgan fingerprint density at radius 2 is 1.53 bits per heavy atom. The van der Waals surface area contributed by atoms with Gasteiger partial charge in [0.2, 0.25) is 0 Å². The van der Waals surface area contributed by atoms with Gasteiger partial charge in [-0.25, -0.2) is 0 Å². The van der Waals surface area contributed by atoms with Crippen molar-refractivity contribution in [3.63, 3.8) is 0 Å². The van der Waals surface area contributed by atoms with Crippen LogP contribution in [0.3, 0.4) is 0 Å². The van der Waals surface area contributed by atoms with Crippen molar-refractivity contribution < 1.29 is 4.79 Å². The first-order chi connectivity index (χ1) is 15.5. The van der Waals surface area contributed by atoms with Crippen LogP contribution < -0.4 is 5.32 Å². The molecule has 0 fully saturated rings. The fourth-order valence-corrected chi connectivity index (χ4v) is 4.36. The quantitative estimate of drug-likeness (QED) is 0.327. The van der Waals surface area contributed by atoms with Gasteiger partial charge < -0.3 is 9.88 Å². The Labute approximate surface area is 190 Å². The molecule has 0 unspecified atom stereocenters. The third-order valence-corrected chi connectivity index (χ3v) is 6.08. The average molecular weight is 423 g/mol. The number of nitrogens with one attached hydrogen (secondary N) is 1. The summed E-state index contributed by atoms with van der Waals surface area (Å²) in [5.74, 6) is 0.351. The lowest BCUT2D eigenvalue weighted by molar-refractivity contribution is 0.0934. The molecule has 4 aromatic rings. The topological polar surface area (TPSA) is 34.0 Å². The highest BCUT2D eigenvalue weighted by Crippen LogP contribution is 2.30. The van der Waals surface area contributed by atoms with E-state index in [0.29, 0.717) is 18.2 Å². The lowest BCUT2D eigenvalue weighted by Crippen LogP contribution is -2.31. The molecule has 4 rings (SSSR count). The number of benzene rings is 3. The van der Waals surface area contributed by atoms with Crippen LogP contribution in [0.25, 0.3) is 10.9 Å². The summed E-state index contributed by atoms with van der Waals surface area (Å²) < 4.78 is 2.07. The van der Waals surface area contributed by atoms with Crippen LogP contribution in [0.1, 0.15) is 58.5 Å². The number of hydrogen-bond acceptors (Lipinski definition) is 1. The van der Waals surface area contributed by atoms with Crippen LogP contribution in [0.4, 0.5) is 0 Å². The smallest absolute Gasteiger partial charge is 0.268 e. The first kappa shape index (κ1) is 21.6. The van der Waals surface area contributed by atoms with E-state index in [1.165, 1.54) is 5.56 Å². The van der Waals surface area contributed by atoms with Crippen molar-refractivity contribution >= 4 is 16.8 Å². The molecular formula is C29H30N2O. The van der Waals surface area contributed by atoms with E-state index in [4.69, 9.17) is 0 Å². The second-order valence-corrected chi connectivity index (χ2v) is 8.53. The van der Waals surface area contributed by atoms with Crippen molar-refractivity contribution in [2.45, 2.75) is 39.3 Å². The Kier molecular flexibility index (Phi) is 6.27. The molecule has 0 aliphatic rings. The third kappa shape index (κ3) is 4.11. The highest BCUT2D eigenvalue weighted by Gasteiger charge is 2.24. The molecule has 0 bridgehead atoms. The lowest BCUT2D eigenvalue weighted by Gasteiger charge is -2.21. The molecule has 3 nitrogen and oxygen atoms in total. The molecule has 3 aromatic carbocycles. The van der Waals surface area contributed by atoms with Gasteiger partial charge >= 0.3 is 0 Å². The number of carbonyl (C=O) groups is 1. The lowest BCUT2D eigenvalue weighted by atomic mass is 9.98. The van der Waals surface area contributed by atoms with Crippen LogP contribution in [0.5, 0.6) is 0 Å². The normalized spacial score (nSPS) is 11.3. The molecule has 1 amide bonds. The number of fused-ring (bicyclic) bond motifs is 1. The van der Waals surface area contributed by atoms with Crippen molar-refractivity contribution in [1.82, 2.24) is 9.88 Å². The molecule has 0 saturated heterocycles. The number of nitrogens with zero attached hydrogens (tertiary/aromatic N) is 1. The molecule has 0 aliphatic carbocycles. The number of carbonyl (C=O) groups excluding carboxylic acids is 1. The van der Waals surface area contributed by atoms with E-state index < -0.39 is 0 Å². The molecule has 1 heterocycles. The SMILES string of the molecule is C=CCn1c(C(=O)NC(c2ccccc2)c2ccccc2)c(C)c2cc(C(C)C)ccc21. The number of rotatable bonds is 7.